The van der Waals surface area contributed by atoms with Gasteiger partial charge in [-0.05, 0) is 55.0 Å². The number of amides is 3. The van der Waals surface area contributed by atoms with E-state index in [0.29, 0.717) is 17.2 Å². The normalized spacial score (nSPS) is 16.9. The van der Waals surface area contributed by atoms with Crippen molar-refractivity contribution in [2.45, 2.75) is 19.8 Å². The fourth-order valence-corrected chi connectivity index (χ4v) is 3.31. The first-order chi connectivity index (χ1) is 11.9. The molecule has 25 heavy (non-hydrogen) atoms. The molecule has 2 heterocycles. The van der Waals surface area contributed by atoms with E-state index in [1.54, 1.807) is 29.8 Å². The van der Waals surface area contributed by atoms with Crippen molar-refractivity contribution in [2.75, 3.05) is 18.4 Å². The van der Waals surface area contributed by atoms with Gasteiger partial charge in [0, 0.05) is 37.6 Å². The first-order valence-corrected chi connectivity index (χ1v) is 8.36. The quantitative estimate of drug-likeness (QED) is 0.890. The van der Waals surface area contributed by atoms with Crippen molar-refractivity contribution in [1.82, 2.24) is 14.7 Å². The predicted molar refractivity (Wildman–Crippen MR) is 95.3 cm³/mol. The zero-order chi connectivity index (χ0) is 18.0. The number of carbonyl (C=O) groups is 2. The number of urea groups is 1. The molecule has 3 amide bonds. The Labute approximate surface area is 146 Å². The summed E-state index contributed by atoms with van der Waals surface area (Å²) in [6.07, 6.45) is 5.82. The lowest BCUT2D eigenvalue weighted by Crippen LogP contribution is -2.33. The predicted octanol–water partition coefficient (Wildman–Crippen LogP) is 1.92. The van der Waals surface area contributed by atoms with E-state index in [4.69, 9.17) is 5.73 Å². The SMILES string of the molecule is Cc1cc(NC(=O)N2CC[C@@H](Cc3cnn(C)c3)C2)ccc1C(N)=O. The summed E-state index contributed by atoms with van der Waals surface area (Å²) in [5.41, 5.74) is 8.40. The van der Waals surface area contributed by atoms with Crippen molar-refractivity contribution in [3.05, 3.63) is 47.3 Å². The Balaban J connectivity index is 1.57. The van der Waals surface area contributed by atoms with Crippen LogP contribution in [-0.2, 0) is 13.5 Å². The van der Waals surface area contributed by atoms with Gasteiger partial charge in [-0.15, -0.1) is 0 Å². The average molecular weight is 341 g/mol. The highest BCUT2D eigenvalue weighted by atomic mass is 16.2. The number of nitrogens with two attached hydrogens (primary N) is 1. The standard InChI is InChI=1S/C18H23N5O2/c1-12-7-15(3-4-16(12)17(19)24)21-18(25)23-6-5-13(11-23)8-14-9-20-22(2)10-14/h3-4,7,9-10,13H,5-6,8,11H2,1-2H3,(H2,19,24)(H,21,25)/t13-/m0/s1. The van der Waals surface area contributed by atoms with Crippen LogP contribution in [0.25, 0.3) is 0 Å². The molecule has 1 aromatic carbocycles. The van der Waals surface area contributed by atoms with Crippen LogP contribution in [0.1, 0.15) is 27.9 Å². The number of primary amides is 1. The van der Waals surface area contributed by atoms with Crippen molar-refractivity contribution in [3.63, 3.8) is 0 Å². The first kappa shape index (κ1) is 17.0. The van der Waals surface area contributed by atoms with Crippen LogP contribution in [0.15, 0.2) is 30.6 Å². The maximum atomic E-state index is 12.5. The van der Waals surface area contributed by atoms with Gasteiger partial charge in [-0.1, -0.05) is 0 Å². The van der Waals surface area contributed by atoms with Gasteiger partial charge in [0.15, 0.2) is 0 Å². The van der Waals surface area contributed by atoms with E-state index in [0.717, 1.165) is 31.5 Å². The lowest BCUT2D eigenvalue weighted by Gasteiger charge is -2.18. The van der Waals surface area contributed by atoms with E-state index in [2.05, 4.69) is 10.4 Å². The monoisotopic (exact) mass is 341 g/mol. The molecule has 2 aromatic rings. The van der Waals surface area contributed by atoms with Crippen molar-refractivity contribution >= 4 is 17.6 Å². The minimum absolute atomic E-state index is 0.111. The number of rotatable bonds is 4. The molecule has 0 aliphatic carbocycles. The molecule has 1 aromatic heterocycles. The fourth-order valence-electron chi connectivity index (χ4n) is 3.31. The van der Waals surface area contributed by atoms with Crippen molar-refractivity contribution < 1.29 is 9.59 Å². The van der Waals surface area contributed by atoms with Gasteiger partial charge in [0.2, 0.25) is 5.91 Å². The summed E-state index contributed by atoms with van der Waals surface area (Å²) in [7, 11) is 1.91. The Morgan fingerprint density at radius 1 is 1.40 bits per heavy atom. The molecule has 7 heteroatoms. The number of nitrogens with zero attached hydrogens (tertiary/aromatic N) is 3. The van der Waals surface area contributed by atoms with Crippen LogP contribution >= 0.6 is 0 Å². The maximum absolute atomic E-state index is 12.5. The molecular weight excluding hydrogens is 318 g/mol. The molecule has 1 atom stereocenters. The van der Waals surface area contributed by atoms with Crippen molar-refractivity contribution in [3.8, 4) is 0 Å². The van der Waals surface area contributed by atoms with E-state index in [-0.39, 0.29) is 6.03 Å². The number of aromatic nitrogens is 2. The molecule has 7 nitrogen and oxygen atoms in total. The van der Waals surface area contributed by atoms with Gasteiger partial charge in [-0.25, -0.2) is 4.79 Å². The fraction of sp³-hybridized carbons (Fsp3) is 0.389. The van der Waals surface area contributed by atoms with Crippen LogP contribution in [0.2, 0.25) is 0 Å². The number of carbonyl (C=O) groups excluding carboxylic acids is 2. The number of hydrogen-bond donors (Lipinski definition) is 2. The Morgan fingerprint density at radius 2 is 2.20 bits per heavy atom. The molecular formula is C18H23N5O2. The summed E-state index contributed by atoms with van der Waals surface area (Å²) < 4.78 is 1.80. The van der Waals surface area contributed by atoms with E-state index < -0.39 is 5.91 Å². The molecule has 3 N–H and O–H groups in total. The smallest absolute Gasteiger partial charge is 0.321 e. The Kier molecular flexibility index (Phi) is 4.74. The molecule has 1 saturated heterocycles. The number of benzene rings is 1. The second-order valence-electron chi connectivity index (χ2n) is 6.65. The van der Waals surface area contributed by atoms with Gasteiger partial charge in [-0.3, -0.25) is 9.48 Å². The third kappa shape index (κ3) is 3.99. The van der Waals surface area contributed by atoms with Crippen LogP contribution in [-0.4, -0.2) is 39.7 Å². The molecule has 3 rings (SSSR count). The molecule has 132 valence electrons. The van der Waals surface area contributed by atoms with Gasteiger partial charge < -0.3 is 16.0 Å². The van der Waals surface area contributed by atoms with E-state index in [1.807, 2.05) is 24.3 Å². The lowest BCUT2D eigenvalue weighted by atomic mass is 10.0. The van der Waals surface area contributed by atoms with Gasteiger partial charge in [0.25, 0.3) is 0 Å². The third-order valence-electron chi connectivity index (χ3n) is 4.60. The Hall–Kier alpha value is -2.83. The number of likely N-dealkylation sites (tertiary alicyclic amines) is 1. The summed E-state index contributed by atoms with van der Waals surface area (Å²) >= 11 is 0. The molecule has 1 fully saturated rings. The zero-order valence-corrected chi connectivity index (χ0v) is 14.5. The summed E-state index contributed by atoms with van der Waals surface area (Å²) in [6, 6.07) is 5.00. The highest BCUT2D eigenvalue weighted by molar-refractivity contribution is 5.96. The second kappa shape index (κ2) is 6.96. The van der Waals surface area contributed by atoms with Crippen molar-refractivity contribution in [2.24, 2.45) is 18.7 Å². The first-order valence-electron chi connectivity index (χ1n) is 8.36. The van der Waals surface area contributed by atoms with Crippen LogP contribution in [0.5, 0.6) is 0 Å². The van der Waals surface area contributed by atoms with Gasteiger partial charge in [0.05, 0.1) is 6.20 Å². The molecule has 1 aliphatic heterocycles. The zero-order valence-electron chi connectivity index (χ0n) is 14.5. The van der Waals surface area contributed by atoms with Gasteiger partial charge >= 0.3 is 6.03 Å². The molecule has 0 spiro atoms. The Bertz CT molecular complexity index is 799. The largest absolute Gasteiger partial charge is 0.366 e. The number of hydrogen-bond acceptors (Lipinski definition) is 3. The van der Waals surface area contributed by atoms with Gasteiger partial charge in [0.1, 0.15) is 0 Å². The van der Waals surface area contributed by atoms with Crippen LogP contribution in [0.4, 0.5) is 10.5 Å². The number of aryl methyl sites for hydroxylation is 2. The molecule has 1 aliphatic rings. The average Bonchev–Trinajstić information content (AvgIpc) is 3.16. The maximum Gasteiger partial charge on any atom is 0.321 e. The van der Waals surface area contributed by atoms with Gasteiger partial charge in [-0.2, -0.15) is 5.10 Å². The summed E-state index contributed by atoms with van der Waals surface area (Å²) in [6.45, 7) is 3.28. The number of nitrogens with one attached hydrogen (secondary N) is 1. The summed E-state index contributed by atoms with van der Waals surface area (Å²) in [5.74, 6) is -0.0120. The molecule has 0 bridgehead atoms. The highest BCUT2D eigenvalue weighted by Crippen LogP contribution is 2.22. The lowest BCUT2D eigenvalue weighted by molar-refractivity contribution is 0.0999. The minimum Gasteiger partial charge on any atom is -0.366 e. The molecule has 0 radical (unpaired) electrons. The van der Waals surface area contributed by atoms with E-state index in [9.17, 15) is 9.59 Å². The topological polar surface area (TPSA) is 93.2 Å². The Morgan fingerprint density at radius 3 is 2.84 bits per heavy atom. The van der Waals surface area contributed by atoms with E-state index >= 15 is 0 Å². The van der Waals surface area contributed by atoms with Crippen LogP contribution < -0.4 is 11.1 Å². The minimum atomic E-state index is -0.465. The van der Waals surface area contributed by atoms with Crippen LogP contribution in [0, 0.1) is 12.8 Å². The summed E-state index contributed by atoms with van der Waals surface area (Å²) in [4.78, 5) is 25.6. The molecule has 0 unspecified atom stereocenters. The second-order valence-corrected chi connectivity index (χ2v) is 6.65. The van der Waals surface area contributed by atoms with E-state index in [1.165, 1.54) is 5.56 Å². The third-order valence-corrected chi connectivity index (χ3v) is 4.60. The van der Waals surface area contributed by atoms with Crippen molar-refractivity contribution in [1.29, 1.82) is 0 Å². The molecule has 0 saturated carbocycles. The van der Waals surface area contributed by atoms with Crippen LogP contribution in [0.3, 0.4) is 0 Å². The summed E-state index contributed by atoms with van der Waals surface area (Å²) in [5, 5.41) is 7.08. The highest BCUT2D eigenvalue weighted by Gasteiger charge is 2.26. The number of anilines is 1.